The quantitative estimate of drug-likeness (QED) is 0.112. The van der Waals surface area contributed by atoms with Gasteiger partial charge < -0.3 is 9.13 Å². The number of hydrogen-bond donors (Lipinski definition) is 0. The Labute approximate surface area is 376 Å². The van der Waals surface area contributed by atoms with Crippen LogP contribution in [0.25, 0.3) is 86.3 Å². The Balaban J connectivity index is 1.18. The van der Waals surface area contributed by atoms with Gasteiger partial charge in [-0.1, -0.05) is 200 Å². The first-order valence-electron chi connectivity index (χ1n) is 22.0. The van der Waals surface area contributed by atoms with Gasteiger partial charge in [-0.05, 0) is 68.8 Å². The molecule has 10 aromatic carbocycles. The van der Waals surface area contributed by atoms with Crippen molar-refractivity contribution < 1.29 is 0 Å². The summed E-state index contributed by atoms with van der Waals surface area (Å²) in [5.41, 5.74) is 9.46. The summed E-state index contributed by atoms with van der Waals surface area (Å²) in [5, 5.41) is 13.2. The second-order valence-corrected chi connectivity index (χ2v) is 21.6. The van der Waals surface area contributed by atoms with Crippen molar-refractivity contribution in [3.63, 3.8) is 0 Å². The molecular formula is C60H40N2SSi. The van der Waals surface area contributed by atoms with E-state index in [0.29, 0.717) is 0 Å². The largest absolute Gasteiger partial charge is 0.307 e. The Morgan fingerprint density at radius 3 is 1.64 bits per heavy atom. The molecule has 0 aliphatic heterocycles. The number of benzene rings is 10. The lowest BCUT2D eigenvalue weighted by molar-refractivity contribution is 1.13. The van der Waals surface area contributed by atoms with Crippen molar-refractivity contribution in [1.82, 2.24) is 9.13 Å². The maximum atomic E-state index is 2.56. The van der Waals surface area contributed by atoms with E-state index >= 15 is 0 Å². The summed E-state index contributed by atoms with van der Waals surface area (Å²) < 4.78 is 7.72. The van der Waals surface area contributed by atoms with Crippen LogP contribution in [0.1, 0.15) is 0 Å². The van der Waals surface area contributed by atoms with Crippen molar-refractivity contribution in [3.05, 3.63) is 243 Å². The number of para-hydroxylation sites is 4. The molecule has 300 valence electrons. The van der Waals surface area contributed by atoms with E-state index in [4.69, 9.17) is 0 Å². The summed E-state index contributed by atoms with van der Waals surface area (Å²) in [7, 11) is -3.05. The fraction of sp³-hybridized carbons (Fsp3) is 0. The molecule has 0 spiro atoms. The summed E-state index contributed by atoms with van der Waals surface area (Å²) in [6.07, 6.45) is 0. The Morgan fingerprint density at radius 1 is 0.328 bits per heavy atom. The molecule has 0 aliphatic rings. The molecule has 64 heavy (non-hydrogen) atoms. The van der Waals surface area contributed by atoms with Crippen LogP contribution in [0.2, 0.25) is 0 Å². The SMILES string of the molecule is c1ccc(-c2ccccc2-n2c3ccccc3c3cccc(-n4c5ccccc5c5c([Si](c6ccccc6)(c6ccccc6)c6ccc7sc8ccccc8c7c6)cccc54)c32)cc1. The van der Waals surface area contributed by atoms with Crippen LogP contribution < -0.4 is 20.7 Å². The molecule has 13 rings (SSSR count). The summed E-state index contributed by atoms with van der Waals surface area (Å²) in [6, 6.07) is 90.7. The first-order valence-corrected chi connectivity index (χ1v) is 24.8. The number of aromatic nitrogens is 2. The summed E-state index contributed by atoms with van der Waals surface area (Å²) in [6.45, 7) is 0. The second-order valence-electron chi connectivity index (χ2n) is 16.8. The smallest absolute Gasteiger partial charge is 0.180 e. The average molecular weight is 849 g/mol. The Hall–Kier alpha value is -7.76. The average Bonchev–Trinajstić information content (AvgIpc) is 4.03. The minimum Gasteiger partial charge on any atom is -0.307 e. The Kier molecular flexibility index (Phi) is 8.45. The predicted octanol–water partition coefficient (Wildman–Crippen LogP) is 13.3. The highest BCUT2D eigenvalue weighted by Crippen LogP contribution is 2.42. The van der Waals surface area contributed by atoms with Gasteiger partial charge in [-0.3, -0.25) is 0 Å². The standard InChI is InChI=1S/C60H40N2SSi/c1-4-20-41(21-5-1)45-26-10-14-31-51(45)62-52-32-15-11-27-46(52)48-30-18-35-55(60(48)62)61-53-33-16-12-29-49(53)59-54(61)34-19-37-58(59)64(42-22-6-2-7-23-42,43-24-8-3-9-25-43)44-38-39-57-50(40-44)47-28-13-17-36-56(47)63-57/h1-40H. The van der Waals surface area contributed by atoms with Crippen molar-refractivity contribution in [2.75, 3.05) is 0 Å². The molecule has 2 nitrogen and oxygen atoms in total. The van der Waals surface area contributed by atoms with E-state index in [1.54, 1.807) is 0 Å². The molecule has 4 heteroatoms. The molecule has 3 heterocycles. The van der Waals surface area contributed by atoms with Crippen LogP contribution in [0.4, 0.5) is 0 Å². The van der Waals surface area contributed by atoms with Gasteiger partial charge in [-0.25, -0.2) is 0 Å². The molecule has 0 saturated heterocycles. The first-order chi connectivity index (χ1) is 31.8. The Bertz CT molecular complexity index is 3860. The topological polar surface area (TPSA) is 9.86 Å². The third kappa shape index (κ3) is 5.37. The minimum atomic E-state index is -3.05. The maximum absolute atomic E-state index is 3.05. The van der Waals surface area contributed by atoms with E-state index in [9.17, 15) is 0 Å². The predicted molar refractivity (Wildman–Crippen MR) is 277 cm³/mol. The molecule has 13 aromatic rings. The fourth-order valence-electron chi connectivity index (χ4n) is 10.9. The highest BCUT2D eigenvalue weighted by atomic mass is 32.1. The van der Waals surface area contributed by atoms with E-state index < -0.39 is 8.07 Å². The van der Waals surface area contributed by atoms with Gasteiger partial charge in [0.25, 0.3) is 0 Å². The molecule has 0 aliphatic carbocycles. The molecule has 0 saturated carbocycles. The number of thiophene rings is 1. The number of fused-ring (bicyclic) bond motifs is 9. The van der Waals surface area contributed by atoms with Crippen LogP contribution in [0.3, 0.4) is 0 Å². The van der Waals surface area contributed by atoms with Gasteiger partial charge in [-0.2, -0.15) is 0 Å². The summed E-state index contributed by atoms with van der Waals surface area (Å²) in [4.78, 5) is 0. The van der Waals surface area contributed by atoms with Crippen molar-refractivity contribution >= 4 is 104 Å². The molecule has 0 fully saturated rings. The summed E-state index contributed by atoms with van der Waals surface area (Å²) in [5.74, 6) is 0. The lowest BCUT2D eigenvalue weighted by Gasteiger charge is -2.35. The molecule has 0 amide bonds. The van der Waals surface area contributed by atoms with Crippen LogP contribution in [0.15, 0.2) is 243 Å². The fourth-order valence-corrected chi connectivity index (χ4v) is 16.9. The van der Waals surface area contributed by atoms with Crippen LogP contribution in [0.5, 0.6) is 0 Å². The zero-order valence-corrected chi connectivity index (χ0v) is 36.7. The third-order valence-electron chi connectivity index (χ3n) is 13.5. The van der Waals surface area contributed by atoms with Crippen LogP contribution in [-0.4, -0.2) is 17.2 Å². The number of hydrogen-bond acceptors (Lipinski definition) is 1. The van der Waals surface area contributed by atoms with E-state index in [1.807, 2.05) is 11.3 Å². The van der Waals surface area contributed by atoms with Crippen LogP contribution in [0, 0.1) is 0 Å². The molecule has 0 N–H and O–H groups in total. The van der Waals surface area contributed by atoms with Gasteiger partial charge in [0.2, 0.25) is 0 Å². The lowest BCUT2D eigenvalue weighted by Crippen LogP contribution is -2.74. The van der Waals surface area contributed by atoms with E-state index in [2.05, 4.69) is 252 Å². The minimum absolute atomic E-state index is 1.15. The van der Waals surface area contributed by atoms with Gasteiger partial charge in [-0.15, -0.1) is 11.3 Å². The van der Waals surface area contributed by atoms with Gasteiger partial charge in [0, 0.05) is 47.3 Å². The van der Waals surface area contributed by atoms with Crippen molar-refractivity contribution in [1.29, 1.82) is 0 Å². The van der Waals surface area contributed by atoms with Crippen molar-refractivity contribution in [3.8, 4) is 22.5 Å². The van der Waals surface area contributed by atoms with Gasteiger partial charge in [0.1, 0.15) is 0 Å². The molecule has 0 atom stereocenters. The van der Waals surface area contributed by atoms with Crippen LogP contribution in [-0.2, 0) is 0 Å². The second kappa shape index (κ2) is 14.7. The van der Waals surface area contributed by atoms with Gasteiger partial charge >= 0.3 is 0 Å². The van der Waals surface area contributed by atoms with E-state index in [1.165, 1.54) is 95.7 Å². The van der Waals surface area contributed by atoms with Crippen LogP contribution >= 0.6 is 11.3 Å². The van der Waals surface area contributed by atoms with Gasteiger partial charge in [0.05, 0.1) is 33.4 Å². The molecular weight excluding hydrogens is 809 g/mol. The monoisotopic (exact) mass is 848 g/mol. The third-order valence-corrected chi connectivity index (χ3v) is 19.4. The highest BCUT2D eigenvalue weighted by molar-refractivity contribution is 7.26. The zero-order chi connectivity index (χ0) is 42.2. The van der Waals surface area contributed by atoms with Crippen molar-refractivity contribution in [2.24, 2.45) is 0 Å². The van der Waals surface area contributed by atoms with E-state index in [0.717, 1.165) is 11.4 Å². The summed E-state index contributed by atoms with van der Waals surface area (Å²) >= 11 is 1.89. The van der Waals surface area contributed by atoms with E-state index in [-0.39, 0.29) is 0 Å². The lowest BCUT2D eigenvalue weighted by atomic mass is 10.0. The molecule has 0 unspecified atom stereocenters. The zero-order valence-electron chi connectivity index (χ0n) is 34.9. The molecule has 0 bridgehead atoms. The first kappa shape index (κ1) is 36.9. The van der Waals surface area contributed by atoms with Crippen molar-refractivity contribution in [2.45, 2.75) is 0 Å². The maximum Gasteiger partial charge on any atom is 0.180 e. The Morgan fingerprint density at radius 2 is 0.875 bits per heavy atom. The van der Waals surface area contributed by atoms with Gasteiger partial charge in [0.15, 0.2) is 8.07 Å². The molecule has 0 radical (unpaired) electrons. The number of nitrogens with zero attached hydrogens (tertiary/aromatic N) is 2. The normalized spacial score (nSPS) is 12.1. The molecule has 3 aromatic heterocycles. The highest BCUT2D eigenvalue weighted by Gasteiger charge is 2.43. The number of rotatable bonds is 7.